The summed E-state index contributed by atoms with van der Waals surface area (Å²) in [6, 6.07) is 0.104. The summed E-state index contributed by atoms with van der Waals surface area (Å²) in [7, 11) is 0. The largest absolute Gasteiger partial charge is 0.365 e. The van der Waals surface area contributed by atoms with E-state index in [2.05, 4.69) is 43.7 Å². The Morgan fingerprint density at radius 2 is 2.09 bits per heavy atom. The molecule has 23 heavy (non-hydrogen) atoms. The maximum Gasteiger partial charge on any atom is 0.224 e. The molecule has 1 aliphatic rings. The second-order valence-corrected chi connectivity index (χ2v) is 5.60. The Morgan fingerprint density at radius 3 is 2.61 bits per heavy atom. The Kier molecular flexibility index (Phi) is 7.33. The molecule has 0 N–H and O–H groups in total. The number of nitrogens with zero attached hydrogens (tertiary/aromatic N) is 2. The van der Waals surface area contributed by atoms with Crippen molar-refractivity contribution in [3.8, 4) is 0 Å². The van der Waals surface area contributed by atoms with Crippen molar-refractivity contribution in [1.29, 1.82) is 0 Å². The van der Waals surface area contributed by atoms with Crippen LogP contribution in [0, 0.1) is 0 Å². The van der Waals surface area contributed by atoms with Crippen LogP contribution >= 0.6 is 0 Å². The summed E-state index contributed by atoms with van der Waals surface area (Å²) in [5.41, 5.74) is 2.89. The van der Waals surface area contributed by atoms with E-state index in [0.717, 1.165) is 30.9 Å². The zero-order valence-corrected chi connectivity index (χ0v) is 14.6. The van der Waals surface area contributed by atoms with Gasteiger partial charge < -0.3 is 9.80 Å². The minimum Gasteiger partial charge on any atom is -0.365 e. The van der Waals surface area contributed by atoms with Gasteiger partial charge in [-0.3, -0.25) is 4.79 Å². The van der Waals surface area contributed by atoms with Crippen molar-refractivity contribution in [3.05, 3.63) is 73.2 Å². The maximum atomic E-state index is 11.9. The van der Waals surface area contributed by atoms with Gasteiger partial charge in [-0.1, -0.05) is 57.0 Å². The first-order chi connectivity index (χ1) is 11.0. The molecule has 1 saturated heterocycles. The van der Waals surface area contributed by atoms with Gasteiger partial charge in [0.25, 0.3) is 0 Å². The highest BCUT2D eigenvalue weighted by molar-refractivity contribution is 5.77. The molecule has 0 aromatic carbocycles. The lowest BCUT2D eigenvalue weighted by Gasteiger charge is -2.43. The van der Waals surface area contributed by atoms with E-state index in [4.69, 9.17) is 0 Å². The minimum atomic E-state index is 0.0310. The second kappa shape index (κ2) is 8.99. The van der Waals surface area contributed by atoms with Crippen molar-refractivity contribution >= 4 is 5.91 Å². The summed E-state index contributed by atoms with van der Waals surface area (Å²) in [5.74, 6) is 0.0310. The van der Waals surface area contributed by atoms with Crippen LogP contribution in [-0.4, -0.2) is 34.8 Å². The van der Waals surface area contributed by atoms with E-state index in [1.807, 2.05) is 25.2 Å². The molecule has 3 heteroatoms. The molecule has 1 aliphatic heterocycles. The maximum absolute atomic E-state index is 11.9. The summed E-state index contributed by atoms with van der Waals surface area (Å²) in [4.78, 5) is 15.9. The van der Waals surface area contributed by atoms with Gasteiger partial charge in [-0.05, 0) is 25.0 Å². The van der Waals surface area contributed by atoms with E-state index >= 15 is 0 Å². The fourth-order valence-corrected chi connectivity index (χ4v) is 2.71. The van der Waals surface area contributed by atoms with E-state index in [1.165, 1.54) is 5.57 Å². The molecule has 0 radical (unpaired) electrons. The Bertz CT molecular complexity index is 566. The summed E-state index contributed by atoms with van der Waals surface area (Å²) in [5, 5.41) is 0. The molecule has 1 amide bonds. The standard InChI is InChI=1S/C20H28N2O/c1-7-12-20-17(5)21(15-16(4)22(20)18(6)23)14-11-10-13-19(8-2)9-3/h7-8,10-13,16H,1-2,5,9,14-15H2,3-4,6H3/b11-10+,19-13+,20-12+/t16-/m0/s1. The quantitative estimate of drug-likeness (QED) is 0.686. The molecule has 1 fully saturated rings. The summed E-state index contributed by atoms with van der Waals surface area (Å²) < 4.78 is 0. The summed E-state index contributed by atoms with van der Waals surface area (Å²) >= 11 is 0. The lowest BCUT2D eigenvalue weighted by molar-refractivity contribution is -0.129. The van der Waals surface area contributed by atoms with Gasteiger partial charge in [0.05, 0.1) is 17.4 Å². The molecule has 0 aromatic heterocycles. The van der Waals surface area contributed by atoms with Gasteiger partial charge in [0.2, 0.25) is 5.91 Å². The number of allylic oxidation sites excluding steroid dienone is 6. The molecule has 0 bridgehead atoms. The number of amides is 1. The van der Waals surface area contributed by atoms with Crippen LogP contribution in [0.1, 0.15) is 27.2 Å². The summed E-state index contributed by atoms with van der Waals surface area (Å²) in [6.07, 6.45) is 12.6. The first kappa shape index (κ1) is 18.8. The zero-order chi connectivity index (χ0) is 17.4. The van der Waals surface area contributed by atoms with E-state index in [9.17, 15) is 4.79 Å². The highest BCUT2D eigenvalue weighted by Gasteiger charge is 2.31. The predicted molar refractivity (Wildman–Crippen MR) is 98.7 cm³/mol. The van der Waals surface area contributed by atoms with Gasteiger partial charge >= 0.3 is 0 Å². The van der Waals surface area contributed by atoms with Crippen molar-refractivity contribution < 1.29 is 4.79 Å². The number of carbonyl (C=O) groups is 1. The van der Waals surface area contributed by atoms with E-state index in [0.29, 0.717) is 0 Å². The summed E-state index contributed by atoms with van der Waals surface area (Å²) in [6.45, 7) is 19.0. The third-order valence-corrected chi connectivity index (χ3v) is 3.92. The zero-order valence-electron chi connectivity index (χ0n) is 14.6. The van der Waals surface area contributed by atoms with E-state index in [-0.39, 0.29) is 11.9 Å². The fraction of sp³-hybridized carbons (Fsp3) is 0.350. The number of carbonyl (C=O) groups excluding carboxylic acids is 1. The highest BCUT2D eigenvalue weighted by Crippen LogP contribution is 2.27. The molecule has 0 aliphatic carbocycles. The average molecular weight is 312 g/mol. The van der Waals surface area contributed by atoms with Crippen LogP contribution in [0.4, 0.5) is 0 Å². The molecular weight excluding hydrogens is 284 g/mol. The molecule has 1 heterocycles. The second-order valence-electron chi connectivity index (χ2n) is 5.60. The monoisotopic (exact) mass is 312 g/mol. The van der Waals surface area contributed by atoms with Crippen LogP contribution in [0.5, 0.6) is 0 Å². The first-order valence-electron chi connectivity index (χ1n) is 8.01. The topological polar surface area (TPSA) is 23.6 Å². The van der Waals surface area contributed by atoms with E-state index < -0.39 is 0 Å². The van der Waals surface area contributed by atoms with Gasteiger partial charge in [0.15, 0.2) is 0 Å². The minimum absolute atomic E-state index is 0.0310. The van der Waals surface area contributed by atoms with Crippen LogP contribution in [0.15, 0.2) is 73.2 Å². The lowest BCUT2D eigenvalue weighted by atomic mass is 10.1. The van der Waals surface area contributed by atoms with Gasteiger partial charge in [-0.25, -0.2) is 0 Å². The van der Waals surface area contributed by atoms with E-state index in [1.54, 1.807) is 17.9 Å². The number of hydrogen-bond acceptors (Lipinski definition) is 2. The van der Waals surface area contributed by atoms with Crippen LogP contribution in [-0.2, 0) is 4.79 Å². The molecule has 3 nitrogen and oxygen atoms in total. The molecule has 0 saturated carbocycles. The fourth-order valence-electron chi connectivity index (χ4n) is 2.71. The molecule has 124 valence electrons. The molecule has 0 unspecified atom stereocenters. The number of hydrogen-bond donors (Lipinski definition) is 0. The van der Waals surface area contributed by atoms with Crippen molar-refractivity contribution in [2.75, 3.05) is 13.1 Å². The average Bonchev–Trinajstić information content (AvgIpc) is 2.51. The first-order valence-corrected chi connectivity index (χ1v) is 8.01. The predicted octanol–water partition coefficient (Wildman–Crippen LogP) is 4.20. The van der Waals surface area contributed by atoms with Crippen LogP contribution in [0.25, 0.3) is 0 Å². The smallest absolute Gasteiger partial charge is 0.224 e. The van der Waals surface area contributed by atoms with Crippen molar-refractivity contribution in [3.63, 3.8) is 0 Å². The van der Waals surface area contributed by atoms with Crippen molar-refractivity contribution in [2.45, 2.75) is 33.2 Å². The Morgan fingerprint density at radius 1 is 1.39 bits per heavy atom. The van der Waals surface area contributed by atoms with Crippen molar-refractivity contribution in [1.82, 2.24) is 9.80 Å². The molecule has 0 spiro atoms. The van der Waals surface area contributed by atoms with Crippen LogP contribution in [0.3, 0.4) is 0 Å². The normalized spacial score (nSPS) is 21.2. The van der Waals surface area contributed by atoms with Gasteiger partial charge in [0, 0.05) is 20.0 Å². The Hall–Kier alpha value is -2.29. The third kappa shape index (κ3) is 4.85. The van der Waals surface area contributed by atoms with Crippen molar-refractivity contribution in [2.24, 2.45) is 0 Å². The lowest BCUT2D eigenvalue weighted by Crippen LogP contribution is -2.50. The molecule has 1 atom stereocenters. The SMILES string of the molecule is C=C/C=C1\C(=C)N(C/C=C/C=C(\C=C)CC)C[C@H](C)N1C(C)=O. The number of rotatable bonds is 6. The number of piperazine rings is 1. The third-order valence-electron chi connectivity index (χ3n) is 3.92. The van der Waals surface area contributed by atoms with Crippen LogP contribution in [0.2, 0.25) is 0 Å². The Labute approximate surface area is 140 Å². The Balaban J connectivity index is 2.88. The molecule has 0 aromatic rings. The van der Waals surface area contributed by atoms with Crippen LogP contribution < -0.4 is 0 Å². The van der Waals surface area contributed by atoms with Gasteiger partial charge in [0.1, 0.15) is 0 Å². The molecular formula is C20H28N2O. The highest BCUT2D eigenvalue weighted by atomic mass is 16.2. The van der Waals surface area contributed by atoms with Gasteiger partial charge in [-0.2, -0.15) is 0 Å². The van der Waals surface area contributed by atoms with Gasteiger partial charge in [-0.15, -0.1) is 0 Å². The molecule has 1 rings (SSSR count).